The van der Waals surface area contributed by atoms with E-state index in [1.165, 1.54) is 13.2 Å². The molecule has 0 radical (unpaired) electrons. The Morgan fingerprint density at radius 2 is 2.14 bits per heavy atom. The highest BCUT2D eigenvalue weighted by molar-refractivity contribution is 9.10. The Kier molecular flexibility index (Phi) is 4.51. The van der Waals surface area contributed by atoms with Crippen LogP contribution in [0.5, 0.6) is 0 Å². The summed E-state index contributed by atoms with van der Waals surface area (Å²) in [6, 6.07) is 3.30. The molecule has 1 saturated heterocycles. The Hall–Kier alpha value is -1.63. The molecule has 1 aromatic rings. The molecule has 1 aliphatic rings. The molecule has 6 nitrogen and oxygen atoms in total. The number of rotatable bonds is 3. The van der Waals surface area contributed by atoms with Crippen LogP contribution in [0, 0.1) is 28.9 Å². The van der Waals surface area contributed by atoms with Crippen molar-refractivity contribution < 1.29 is 14.5 Å². The molecule has 0 aliphatic carbocycles. The smallest absolute Gasteiger partial charge is 0.310 e. The molecule has 0 bridgehead atoms. The highest BCUT2D eigenvalue weighted by Crippen LogP contribution is 2.37. The first kappa shape index (κ1) is 15.8. The van der Waals surface area contributed by atoms with Gasteiger partial charge in [-0.25, -0.2) is 0 Å². The predicted octanol–water partition coefficient (Wildman–Crippen LogP) is 2.91. The molecule has 1 fully saturated rings. The van der Waals surface area contributed by atoms with Gasteiger partial charge in [-0.05, 0) is 34.8 Å². The summed E-state index contributed by atoms with van der Waals surface area (Å²) < 4.78 is 5.49. The van der Waals surface area contributed by atoms with Gasteiger partial charge < -0.3 is 9.64 Å². The number of ether oxygens (including phenoxy) is 1. The van der Waals surface area contributed by atoms with Crippen LogP contribution in [-0.4, -0.2) is 31.1 Å². The molecule has 2 rings (SSSR count). The summed E-state index contributed by atoms with van der Waals surface area (Å²) in [6.07, 6.45) is 0. The lowest BCUT2D eigenvalue weighted by molar-refractivity contribution is -0.385. The third-order valence-corrected chi connectivity index (χ3v) is 4.55. The summed E-state index contributed by atoms with van der Waals surface area (Å²) >= 11 is 3.39. The van der Waals surface area contributed by atoms with E-state index < -0.39 is 4.92 Å². The van der Waals surface area contributed by atoms with Gasteiger partial charge in [-0.3, -0.25) is 14.9 Å². The predicted molar refractivity (Wildman–Crippen MR) is 82.4 cm³/mol. The van der Waals surface area contributed by atoms with Crippen molar-refractivity contribution in [2.24, 2.45) is 11.8 Å². The largest absolute Gasteiger partial charge is 0.469 e. The summed E-state index contributed by atoms with van der Waals surface area (Å²) in [6.45, 7) is 5.00. The molecule has 0 amide bonds. The number of anilines is 1. The number of nitro groups is 1. The molecule has 1 aromatic carbocycles. The van der Waals surface area contributed by atoms with Gasteiger partial charge in [-0.2, -0.15) is 0 Å². The van der Waals surface area contributed by atoms with Gasteiger partial charge in [0.15, 0.2) is 0 Å². The fourth-order valence-electron chi connectivity index (χ4n) is 2.72. The average Bonchev–Trinajstić information content (AvgIpc) is 2.81. The Morgan fingerprint density at radius 3 is 2.71 bits per heavy atom. The van der Waals surface area contributed by atoms with Gasteiger partial charge in [-0.1, -0.05) is 6.92 Å². The molecule has 0 saturated carbocycles. The van der Waals surface area contributed by atoms with Crippen LogP contribution in [0.1, 0.15) is 12.5 Å². The van der Waals surface area contributed by atoms with E-state index in [4.69, 9.17) is 4.74 Å². The van der Waals surface area contributed by atoms with Crippen LogP contribution >= 0.6 is 15.9 Å². The molecule has 1 aliphatic heterocycles. The van der Waals surface area contributed by atoms with Crippen LogP contribution in [0.4, 0.5) is 11.4 Å². The quantitative estimate of drug-likeness (QED) is 0.473. The van der Waals surface area contributed by atoms with Crippen molar-refractivity contribution in [3.8, 4) is 0 Å². The van der Waals surface area contributed by atoms with Crippen molar-refractivity contribution in [1.29, 1.82) is 0 Å². The lowest BCUT2D eigenvalue weighted by Gasteiger charge is -2.20. The molecule has 0 aromatic heterocycles. The molecule has 2 atom stereocenters. The number of nitrogens with zero attached hydrogens (tertiary/aromatic N) is 2. The first-order chi connectivity index (χ1) is 9.85. The van der Waals surface area contributed by atoms with Crippen LogP contribution in [0.15, 0.2) is 16.6 Å². The van der Waals surface area contributed by atoms with E-state index in [2.05, 4.69) is 20.8 Å². The zero-order chi connectivity index (χ0) is 15.7. The minimum absolute atomic E-state index is 0.0855. The van der Waals surface area contributed by atoms with Gasteiger partial charge in [0, 0.05) is 29.2 Å². The second-order valence-electron chi connectivity index (χ2n) is 5.36. The maximum Gasteiger partial charge on any atom is 0.310 e. The lowest BCUT2D eigenvalue weighted by Crippen LogP contribution is -2.24. The second kappa shape index (κ2) is 6.01. The van der Waals surface area contributed by atoms with E-state index in [-0.39, 0.29) is 23.5 Å². The summed E-state index contributed by atoms with van der Waals surface area (Å²) in [5.74, 6) is -0.197. The van der Waals surface area contributed by atoms with Gasteiger partial charge >= 0.3 is 5.97 Å². The van der Waals surface area contributed by atoms with E-state index in [9.17, 15) is 14.9 Å². The van der Waals surface area contributed by atoms with Gasteiger partial charge in [-0.15, -0.1) is 0 Å². The molecule has 0 spiro atoms. The van der Waals surface area contributed by atoms with E-state index in [0.717, 1.165) is 12.2 Å². The SMILES string of the molecule is COC(=O)C1CN(c2cc(C)c([N+](=O)[O-])cc2Br)CC1C. The van der Waals surface area contributed by atoms with Crippen molar-refractivity contribution in [1.82, 2.24) is 0 Å². The van der Waals surface area contributed by atoms with Gasteiger partial charge in [0.25, 0.3) is 5.69 Å². The average molecular weight is 357 g/mol. The topological polar surface area (TPSA) is 72.7 Å². The first-order valence-electron chi connectivity index (χ1n) is 6.62. The van der Waals surface area contributed by atoms with Crippen LogP contribution in [-0.2, 0) is 9.53 Å². The van der Waals surface area contributed by atoms with Crippen LogP contribution in [0.3, 0.4) is 0 Å². The summed E-state index contributed by atoms with van der Waals surface area (Å²) in [7, 11) is 1.39. The van der Waals surface area contributed by atoms with E-state index in [1.807, 2.05) is 6.92 Å². The Bertz CT molecular complexity index is 591. The molecule has 1 heterocycles. The number of benzene rings is 1. The summed E-state index contributed by atoms with van der Waals surface area (Å²) in [5, 5.41) is 10.9. The number of carbonyl (C=O) groups excluding carboxylic acids is 1. The van der Waals surface area contributed by atoms with Gasteiger partial charge in [0.1, 0.15) is 0 Å². The van der Waals surface area contributed by atoms with E-state index in [1.54, 1.807) is 13.0 Å². The van der Waals surface area contributed by atoms with Crippen molar-refractivity contribution >= 4 is 33.3 Å². The summed E-state index contributed by atoms with van der Waals surface area (Å²) in [4.78, 5) is 24.4. The van der Waals surface area contributed by atoms with E-state index in [0.29, 0.717) is 16.6 Å². The highest BCUT2D eigenvalue weighted by Gasteiger charge is 2.36. The number of aryl methyl sites for hydroxylation is 1. The third-order valence-electron chi connectivity index (χ3n) is 3.92. The van der Waals surface area contributed by atoms with Crippen molar-refractivity contribution in [2.45, 2.75) is 13.8 Å². The maximum absolute atomic E-state index is 11.7. The summed E-state index contributed by atoms with van der Waals surface area (Å²) in [5.41, 5.74) is 1.56. The molecule has 0 N–H and O–H groups in total. The number of esters is 1. The number of hydrogen-bond donors (Lipinski definition) is 0. The molecule has 7 heteroatoms. The zero-order valence-electron chi connectivity index (χ0n) is 12.1. The monoisotopic (exact) mass is 356 g/mol. The number of carbonyl (C=O) groups is 1. The maximum atomic E-state index is 11.7. The van der Waals surface area contributed by atoms with Crippen LogP contribution < -0.4 is 4.90 Å². The minimum Gasteiger partial charge on any atom is -0.469 e. The highest BCUT2D eigenvalue weighted by atomic mass is 79.9. The van der Waals surface area contributed by atoms with Gasteiger partial charge in [0.2, 0.25) is 0 Å². The third kappa shape index (κ3) is 3.02. The Balaban J connectivity index is 2.30. The zero-order valence-corrected chi connectivity index (χ0v) is 13.7. The molecule has 2 unspecified atom stereocenters. The second-order valence-corrected chi connectivity index (χ2v) is 6.21. The Morgan fingerprint density at radius 1 is 1.48 bits per heavy atom. The minimum atomic E-state index is -0.395. The van der Waals surface area contributed by atoms with Crippen molar-refractivity contribution in [3.05, 3.63) is 32.3 Å². The van der Waals surface area contributed by atoms with E-state index >= 15 is 0 Å². The molecule has 21 heavy (non-hydrogen) atoms. The standard InChI is InChI=1S/C14H17BrN2O4/c1-8-4-13(11(15)5-12(8)17(19)20)16-6-9(2)10(7-16)14(18)21-3/h4-5,9-10H,6-7H2,1-3H3. The lowest BCUT2D eigenvalue weighted by atomic mass is 9.99. The Labute approximate surface area is 131 Å². The fourth-order valence-corrected chi connectivity index (χ4v) is 3.30. The molecule has 114 valence electrons. The van der Waals surface area contributed by atoms with Crippen LogP contribution in [0.25, 0.3) is 0 Å². The van der Waals surface area contributed by atoms with Gasteiger partial charge in [0.05, 0.1) is 23.6 Å². The number of methoxy groups -OCH3 is 1. The molecular weight excluding hydrogens is 340 g/mol. The van der Waals surface area contributed by atoms with Crippen molar-refractivity contribution in [3.63, 3.8) is 0 Å². The first-order valence-corrected chi connectivity index (χ1v) is 7.41. The number of nitro benzene ring substituents is 1. The van der Waals surface area contributed by atoms with Crippen molar-refractivity contribution in [2.75, 3.05) is 25.1 Å². The fraction of sp³-hybridized carbons (Fsp3) is 0.500. The van der Waals surface area contributed by atoms with Crippen LogP contribution in [0.2, 0.25) is 0 Å². The molecular formula is C14H17BrN2O4. The number of hydrogen-bond acceptors (Lipinski definition) is 5. The normalized spacial score (nSPS) is 21.4. The number of halogens is 1.